The molecule has 84 valence electrons. The number of unbranched alkanes of at least 4 members (excludes halogenated alkanes) is 3. The summed E-state index contributed by atoms with van der Waals surface area (Å²) in [5.41, 5.74) is 0. The number of hydrogen-bond donors (Lipinski definition) is 1. The van der Waals surface area contributed by atoms with Gasteiger partial charge in [0.2, 0.25) is 0 Å². The minimum atomic E-state index is 0.432. The van der Waals surface area contributed by atoms with E-state index in [-0.39, 0.29) is 0 Å². The van der Waals surface area contributed by atoms with E-state index < -0.39 is 0 Å². The Morgan fingerprint density at radius 2 is 2.07 bits per heavy atom. The number of rotatable bonds is 6. The average molecular weight is 217 g/mol. The van der Waals surface area contributed by atoms with Crippen LogP contribution in [0.3, 0.4) is 0 Å². The van der Waals surface area contributed by atoms with Crippen LogP contribution in [0.15, 0.2) is 0 Å². The number of morpholine rings is 1. The van der Waals surface area contributed by atoms with Gasteiger partial charge in [-0.2, -0.15) is 12.6 Å². The van der Waals surface area contributed by atoms with E-state index >= 15 is 0 Å². The van der Waals surface area contributed by atoms with E-state index in [0.29, 0.717) is 6.10 Å². The predicted octanol–water partition coefficient (Wildman–Crippen LogP) is 2.20. The zero-order valence-electron chi connectivity index (χ0n) is 9.24. The van der Waals surface area contributed by atoms with Crippen molar-refractivity contribution in [2.45, 2.75) is 38.7 Å². The Balaban J connectivity index is 1.95. The Hall–Kier alpha value is 0.270. The first-order chi connectivity index (χ1) is 6.83. The normalized spacial score (nSPS) is 24.0. The highest BCUT2D eigenvalue weighted by Gasteiger charge is 2.15. The second-order valence-corrected chi connectivity index (χ2v) is 4.57. The molecule has 1 unspecified atom stereocenters. The van der Waals surface area contributed by atoms with Crippen LogP contribution in [0, 0.1) is 0 Å². The van der Waals surface area contributed by atoms with Gasteiger partial charge in [-0.3, -0.25) is 4.90 Å². The SMILES string of the molecule is CC1CN(CCCCCCS)CCO1. The molecule has 0 aromatic carbocycles. The van der Waals surface area contributed by atoms with Crippen molar-refractivity contribution in [1.82, 2.24) is 4.90 Å². The first kappa shape index (κ1) is 12.3. The number of hydrogen-bond acceptors (Lipinski definition) is 3. The third kappa shape index (κ3) is 5.23. The van der Waals surface area contributed by atoms with Gasteiger partial charge in [-0.1, -0.05) is 12.8 Å². The van der Waals surface area contributed by atoms with Gasteiger partial charge in [-0.25, -0.2) is 0 Å². The van der Waals surface area contributed by atoms with E-state index in [2.05, 4.69) is 24.5 Å². The zero-order chi connectivity index (χ0) is 10.2. The molecule has 1 saturated heterocycles. The van der Waals surface area contributed by atoms with E-state index in [1.807, 2.05) is 0 Å². The highest BCUT2D eigenvalue weighted by atomic mass is 32.1. The summed E-state index contributed by atoms with van der Waals surface area (Å²) >= 11 is 4.21. The van der Waals surface area contributed by atoms with Crippen molar-refractivity contribution in [1.29, 1.82) is 0 Å². The summed E-state index contributed by atoms with van der Waals surface area (Å²) in [6.07, 6.45) is 5.72. The summed E-state index contributed by atoms with van der Waals surface area (Å²) in [7, 11) is 0. The van der Waals surface area contributed by atoms with Crippen molar-refractivity contribution < 1.29 is 4.74 Å². The Morgan fingerprint density at radius 3 is 2.79 bits per heavy atom. The van der Waals surface area contributed by atoms with Crippen molar-refractivity contribution in [3.8, 4) is 0 Å². The molecule has 2 nitrogen and oxygen atoms in total. The van der Waals surface area contributed by atoms with Gasteiger partial charge in [0.05, 0.1) is 12.7 Å². The monoisotopic (exact) mass is 217 g/mol. The summed E-state index contributed by atoms with van der Waals surface area (Å²) in [6, 6.07) is 0. The Morgan fingerprint density at radius 1 is 1.29 bits per heavy atom. The smallest absolute Gasteiger partial charge is 0.0674 e. The fraction of sp³-hybridized carbons (Fsp3) is 1.00. The van der Waals surface area contributed by atoms with Crippen molar-refractivity contribution in [2.24, 2.45) is 0 Å². The third-order valence-corrected chi connectivity index (χ3v) is 3.02. The van der Waals surface area contributed by atoms with Crippen molar-refractivity contribution >= 4 is 12.6 Å². The van der Waals surface area contributed by atoms with Gasteiger partial charge in [-0.05, 0) is 32.1 Å². The van der Waals surface area contributed by atoms with Gasteiger partial charge >= 0.3 is 0 Å². The third-order valence-electron chi connectivity index (χ3n) is 2.71. The van der Waals surface area contributed by atoms with Gasteiger partial charge in [0.25, 0.3) is 0 Å². The first-order valence-electron chi connectivity index (χ1n) is 5.77. The average Bonchev–Trinajstić information content (AvgIpc) is 2.18. The minimum Gasteiger partial charge on any atom is -0.376 e. The molecule has 0 radical (unpaired) electrons. The minimum absolute atomic E-state index is 0.432. The van der Waals surface area contributed by atoms with Crippen LogP contribution in [0.25, 0.3) is 0 Å². The van der Waals surface area contributed by atoms with E-state index in [9.17, 15) is 0 Å². The molecule has 1 aliphatic rings. The Labute approximate surface area is 93.4 Å². The zero-order valence-corrected chi connectivity index (χ0v) is 10.1. The molecule has 0 N–H and O–H groups in total. The number of thiol groups is 1. The molecule has 0 amide bonds. The summed E-state index contributed by atoms with van der Waals surface area (Å²) < 4.78 is 5.50. The van der Waals surface area contributed by atoms with Gasteiger partial charge in [0.15, 0.2) is 0 Å². The molecule has 14 heavy (non-hydrogen) atoms. The van der Waals surface area contributed by atoms with Crippen LogP contribution >= 0.6 is 12.6 Å². The van der Waals surface area contributed by atoms with Crippen LogP contribution in [0.1, 0.15) is 32.6 Å². The standard InChI is InChI=1S/C11H23NOS/c1-11-10-12(7-8-13-11)6-4-2-3-5-9-14/h11,14H,2-10H2,1H3. The van der Waals surface area contributed by atoms with Gasteiger partial charge in [-0.15, -0.1) is 0 Å². The molecule has 1 fully saturated rings. The van der Waals surface area contributed by atoms with E-state index in [1.165, 1.54) is 32.2 Å². The van der Waals surface area contributed by atoms with Crippen LogP contribution in [-0.2, 0) is 4.74 Å². The molecule has 0 aliphatic carbocycles. The molecule has 1 heterocycles. The molecule has 0 aromatic rings. The second-order valence-electron chi connectivity index (χ2n) is 4.12. The highest BCUT2D eigenvalue weighted by molar-refractivity contribution is 7.80. The molecule has 1 rings (SSSR count). The van der Waals surface area contributed by atoms with Crippen molar-refractivity contribution in [2.75, 3.05) is 32.0 Å². The van der Waals surface area contributed by atoms with E-state index in [4.69, 9.17) is 4.74 Å². The lowest BCUT2D eigenvalue weighted by Gasteiger charge is -2.30. The van der Waals surface area contributed by atoms with Crippen molar-refractivity contribution in [3.05, 3.63) is 0 Å². The lowest BCUT2D eigenvalue weighted by molar-refractivity contribution is -0.0186. The van der Waals surface area contributed by atoms with Gasteiger partial charge in [0.1, 0.15) is 0 Å². The quantitative estimate of drug-likeness (QED) is 0.541. The van der Waals surface area contributed by atoms with Crippen LogP contribution in [0.5, 0.6) is 0 Å². The van der Waals surface area contributed by atoms with E-state index in [1.54, 1.807) is 0 Å². The lowest BCUT2D eigenvalue weighted by atomic mass is 10.2. The van der Waals surface area contributed by atoms with Gasteiger partial charge in [0, 0.05) is 13.1 Å². The number of ether oxygens (including phenoxy) is 1. The van der Waals surface area contributed by atoms with E-state index in [0.717, 1.165) is 25.4 Å². The molecule has 0 aromatic heterocycles. The van der Waals surface area contributed by atoms with Crippen LogP contribution in [0.4, 0.5) is 0 Å². The second kappa shape index (κ2) is 7.55. The molecule has 0 spiro atoms. The predicted molar refractivity (Wildman–Crippen MR) is 64.2 cm³/mol. The maximum absolute atomic E-state index is 5.50. The van der Waals surface area contributed by atoms with Crippen LogP contribution in [-0.4, -0.2) is 43.0 Å². The van der Waals surface area contributed by atoms with Crippen molar-refractivity contribution in [3.63, 3.8) is 0 Å². The summed E-state index contributed by atoms with van der Waals surface area (Å²) in [5.74, 6) is 1.04. The highest BCUT2D eigenvalue weighted by Crippen LogP contribution is 2.07. The summed E-state index contributed by atoms with van der Waals surface area (Å²) in [6.45, 7) is 6.56. The topological polar surface area (TPSA) is 12.5 Å². The Kier molecular flexibility index (Phi) is 6.65. The maximum atomic E-state index is 5.50. The Bertz CT molecular complexity index is 143. The summed E-state index contributed by atoms with van der Waals surface area (Å²) in [4.78, 5) is 2.52. The fourth-order valence-electron chi connectivity index (χ4n) is 1.89. The molecule has 0 bridgehead atoms. The lowest BCUT2D eigenvalue weighted by Crippen LogP contribution is -2.41. The van der Waals surface area contributed by atoms with Crippen LogP contribution < -0.4 is 0 Å². The molecule has 1 atom stereocenters. The molecule has 3 heteroatoms. The molecular weight excluding hydrogens is 194 g/mol. The fourth-order valence-corrected chi connectivity index (χ4v) is 2.12. The largest absolute Gasteiger partial charge is 0.376 e. The molecule has 1 aliphatic heterocycles. The first-order valence-corrected chi connectivity index (χ1v) is 6.41. The summed E-state index contributed by atoms with van der Waals surface area (Å²) in [5, 5.41) is 0. The van der Waals surface area contributed by atoms with Crippen LogP contribution in [0.2, 0.25) is 0 Å². The molecular formula is C11H23NOS. The van der Waals surface area contributed by atoms with Gasteiger partial charge < -0.3 is 4.74 Å². The maximum Gasteiger partial charge on any atom is 0.0674 e. The molecule has 0 saturated carbocycles. The number of nitrogens with zero attached hydrogens (tertiary/aromatic N) is 1.